The molecule has 1 atom stereocenters. The molecule has 0 N–H and O–H groups in total. The predicted octanol–water partition coefficient (Wildman–Crippen LogP) is 4.69. The molecule has 0 saturated carbocycles. The van der Waals surface area contributed by atoms with Gasteiger partial charge in [-0.3, -0.25) is 19.1 Å². The lowest BCUT2D eigenvalue weighted by Crippen LogP contribution is -2.49. The van der Waals surface area contributed by atoms with Gasteiger partial charge < -0.3 is 4.74 Å². The Balaban J connectivity index is 3.13. The van der Waals surface area contributed by atoms with Crippen molar-refractivity contribution in [1.29, 1.82) is 0 Å². The third-order valence-electron chi connectivity index (χ3n) is 2.99. The molecule has 0 fully saturated rings. The van der Waals surface area contributed by atoms with Crippen molar-refractivity contribution in [2.24, 2.45) is 0 Å². The van der Waals surface area contributed by atoms with E-state index in [1.54, 1.807) is 0 Å². The first-order valence-corrected chi connectivity index (χ1v) is 9.32. The summed E-state index contributed by atoms with van der Waals surface area (Å²) >= 11 is -1.37. The summed E-state index contributed by atoms with van der Waals surface area (Å²) in [5, 5.41) is 5.23. The van der Waals surface area contributed by atoms with Crippen molar-refractivity contribution in [2.45, 2.75) is 33.3 Å². The molecule has 0 spiro atoms. The van der Waals surface area contributed by atoms with E-state index in [1.807, 2.05) is 0 Å². The van der Waals surface area contributed by atoms with Crippen molar-refractivity contribution in [1.82, 2.24) is 0 Å². The van der Waals surface area contributed by atoms with Crippen LogP contribution in [0, 0.1) is 10.1 Å². The highest BCUT2D eigenvalue weighted by molar-refractivity contribution is 8.00. The third-order valence-corrected chi connectivity index (χ3v) is 5.32. The lowest BCUT2D eigenvalue weighted by atomic mass is 10.3. The number of ether oxygens (including phenoxy) is 1. The highest BCUT2D eigenvalue weighted by Crippen LogP contribution is 2.54. The van der Waals surface area contributed by atoms with Crippen molar-refractivity contribution in [3.05, 3.63) is 28.3 Å². The van der Waals surface area contributed by atoms with Gasteiger partial charge in [-0.1, -0.05) is 0 Å². The molecular weight excluding hydrogens is 504 g/mol. The molecule has 176 valence electrons. The molecule has 1 aromatic carbocycles. The lowest BCUT2D eigenvalue weighted by Gasteiger charge is -2.27. The van der Waals surface area contributed by atoms with E-state index < -0.39 is 84.8 Å². The number of nitro groups is 1. The number of halogens is 10. The Morgan fingerprint density at radius 2 is 1.61 bits per heavy atom. The minimum atomic E-state index is -6.65. The maximum atomic E-state index is 13.4. The van der Waals surface area contributed by atoms with E-state index in [0.717, 1.165) is 0 Å². The zero-order valence-electron chi connectivity index (χ0n) is 14.2. The topological polar surface area (TPSA) is 86.5 Å². The highest BCUT2D eigenvalue weighted by Gasteiger charge is 2.73. The molecule has 0 amide bonds. The van der Waals surface area contributed by atoms with Gasteiger partial charge in [0, 0.05) is 11.0 Å². The molecular formula is C13H7F10NO5S2. The summed E-state index contributed by atoms with van der Waals surface area (Å²) in [4.78, 5) is 18.8. The number of hydrogen-bond donors (Lipinski definition) is 0. The van der Waals surface area contributed by atoms with Gasteiger partial charge in [0.2, 0.25) is 0 Å². The first kappa shape index (κ1) is 26.9. The summed E-state index contributed by atoms with van der Waals surface area (Å²) in [7, 11) is -2.74. The predicted molar refractivity (Wildman–Crippen MR) is 83.2 cm³/mol. The number of nitrogens with zero attached hydrogens (tertiary/aromatic N) is 1. The van der Waals surface area contributed by atoms with Crippen LogP contribution < -0.4 is 0 Å². The molecule has 0 aliphatic rings. The van der Waals surface area contributed by atoms with Gasteiger partial charge in [0.1, 0.15) is 10.6 Å². The van der Waals surface area contributed by atoms with E-state index in [4.69, 9.17) is 0 Å². The Morgan fingerprint density at radius 1 is 1.06 bits per heavy atom. The van der Waals surface area contributed by atoms with E-state index in [2.05, 4.69) is 4.74 Å². The first-order valence-electron chi connectivity index (χ1n) is 7.19. The number of carbonyl (C=O) groups excluding carboxylic acids is 1. The Bertz CT molecular complexity index is 871. The van der Waals surface area contributed by atoms with Crippen LogP contribution in [0.4, 0.5) is 49.6 Å². The number of nitro benzene ring substituents is 1. The van der Waals surface area contributed by atoms with Crippen molar-refractivity contribution >= 4 is 34.2 Å². The average Bonchev–Trinajstić information content (AvgIpc) is 2.57. The van der Waals surface area contributed by atoms with Gasteiger partial charge in [-0.05, 0) is 23.9 Å². The molecule has 31 heavy (non-hydrogen) atoms. The third kappa shape index (κ3) is 6.94. The molecule has 1 aromatic rings. The molecule has 18 heteroatoms. The van der Waals surface area contributed by atoms with Crippen molar-refractivity contribution in [3.8, 4) is 0 Å². The standard InChI is InChI=1S/C13H7F10NO5S2/c14-10(15,16)5-29-9(25)4-31(28)8-2-1-6(3-7(8)24(26)27)30-13(22,23)11(17,18)12(19,20)21/h1-3H,4-5H2. The number of rotatable bonds is 8. The fraction of sp³-hybridized carbons (Fsp3) is 0.462. The second-order valence-corrected chi connectivity index (χ2v) is 7.95. The summed E-state index contributed by atoms with van der Waals surface area (Å²) in [6.45, 7) is -2.05. The Hall–Kier alpha value is -2.11. The van der Waals surface area contributed by atoms with E-state index >= 15 is 0 Å². The maximum Gasteiger partial charge on any atom is 0.460 e. The summed E-state index contributed by atoms with van der Waals surface area (Å²) < 4.78 is 141. The molecule has 1 rings (SSSR count). The molecule has 6 nitrogen and oxygen atoms in total. The molecule has 1 unspecified atom stereocenters. The molecule has 0 saturated heterocycles. The van der Waals surface area contributed by atoms with Crippen LogP contribution >= 0.6 is 11.8 Å². The Morgan fingerprint density at radius 3 is 2.06 bits per heavy atom. The van der Waals surface area contributed by atoms with Gasteiger partial charge in [0.05, 0.1) is 15.7 Å². The first-order chi connectivity index (χ1) is 13.8. The smallest absolute Gasteiger partial charge is 0.455 e. The zero-order chi connectivity index (χ0) is 24.4. The molecule has 0 aromatic heterocycles. The normalized spacial score (nSPS) is 14.3. The van der Waals surface area contributed by atoms with Crippen LogP contribution in [-0.4, -0.2) is 51.0 Å². The number of esters is 1. The van der Waals surface area contributed by atoms with E-state index in [0.29, 0.717) is 12.1 Å². The SMILES string of the molecule is O=C(CS(=O)c1ccc(SC(F)(F)C(F)(F)C(F)(F)F)cc1[N+](=O)[O-])OCC(F)(F)F. The molecule has 0 aliphatic heterocycles. The quantitative estimate of drug-likeness (QED) is 0.166. The molecule has 0 bridgehead atoms. The number of benzene rings is 1. The highest BCUT2D eigenvalue weighted by atomic mass is 32.2. The minimum Gasteiger partial charge on any atom is -0.455 e. The monoisotopic (exact) mass is 511 g/mol. The van der Waals surface area contributed by atoms with Gasteiger partial charge in [-0.2, -0.15) is 43.9 Å². The lowest BCUT2D eigenvalue weighted by molar-refractivity contribution is -0.388. The van der Waals surface area contributed by atoms with E-state index in [-0.39, 0.29) is 6.07 Å². The Kier molecular flexibility index (Phi) is 7.97. The fourth-order valence-corrected chi connectivity index (χ4v) is 3.55. The number of thioether (sulfide) groups is 1. The van der Waals surface area contributed by atoms with Gasteiger partial charge >= 0.3 is 29.5 Å². The maximum absolute atomic E-state index is 13.4. The van der Waals surface area contributed by atoms with Crippen LogP contribution in [0.5, 0.6) is 0 Å². The molecule has 0 aliphatic carbocycles. The summed E-state index contributed by atoms with van der Waals surface area (Å²) in [6.07, 6.45) is -11.6. The van der Waals surface area contributed by atoms with Gasteiger partial charge in [0.25, 0.3) is 5.69 Å². The summed E-state index contributed by atoms with van der Waals surface area (Å²) in [6, 6.07) is 0.890. The second kappa shape index (κ2) is 9.17. The van der Waals surface area contributed by atoms with Crippen LogP contribution in [0.1, 0.15) is 0 Å². The van der Waals surface area contributed by atoms with Gasteiger partial charge in [0.15, 0.2) is 6.61 Å². The van der Waals surface area contributed by atoms with Gasteiger partial charge in [-0.25, -0.2) is 0 Å². The van der Waals surface area contributed by atoms with Crippen molar-refractivity contribution < 1.29 is 62.6 Å². The van der Waals surface area contributed by atoms with Crippen molar-refractivity contribution in [3.63, 3.8) is 0 Å². The van der Waals surface area contributed by atoms with Crippen molar-refractivity contribution in [2.75, 3.05) is 12.4 Å². The van der Waals surface area contributed by atoms with Gasteiger partial charge in [-0.15, -0.1) is 0 Å². The number of hydrogen-bond acceptors (Lipinski definition) is 6. The van der Waals surface area contributed by atoms with Crippen LogP contribution in [0.15, 0.2) is 28.0 Å². The Labute approximate surface area is 171 Å². The molecule has 0 heterocycles. The summed E-state index contributed by atoms with van der Waals surface area (Å²) in [5.41, 5.74) is -1.32. The largest absolute Gasteiger partial charge is 0.460 e. The minimum absolute atomic E-state index is 0.0965. The van der Waals surface area contributed by atoms with E-state index in [9.17, 15) is 63.0 Å². The van der Waals surface area contributed by atoms with Crippen LogP contribution in [0.3, 0.4) is 0 Å². The second-order valence-electron chi connectivity index (χ2n) is 5.34. The number of carbonyl (C=O) groups is 1. The van der Waals surface area contributed by atoms with Crippen LogP contribution in [0.25, 0.3) is 0 Å². The molecule has 0 radical (unpaired) electrons. The summed E-state index contributed by atoms with van der Waals surface area (Å²) in [5.74, 6) is -9.53. The van der Waals surface area contributed by atoms with E-state index in [1.165, 1.54) is 0 Å². The zero-order valence-corrected chi connectivity index (χ0v) is 15.9. The number of alkyl halides is 10. The van der Waals surface area contributed by atoms with Crippen LogP contribution in [-0.2, 0) is 20.3 Å². The van der Waals surface area contributed by atoms with Crippen LogP contribution in [0.2, 0.25) is 0 Å². The fourth-order valence-electron chi connectivity index (χ4n) is 1.66. The average molecular weight is 511 g/mol.